The Labute approximate surface area is 364 Å². The van der Waals surface area contributed by atoms with Crippen molar-refractivity contribution in [2.45, 2.75) is 89.1 Å². The van der Waals surface area contributed by atoms with Gasteiger partial charge in [-0.2, -0.15) is 13.2 Å². The predicted molar refractivity (Wildman–Crippen MR) is 232 cm³/mol. The minimum Gasteiger partial charge on any atom is -0.369 e. The van der Waals surface area contributed by atoms with Crippen LogP contribution in [0.5, 0.6) is 0 Å². The first-order valence-electron chi connectivity index (χ1n) is 21.9. The van der Waals surface area contributed by atoms with E-state index in [1.807, 2.05) is 43.3 Å². The zero-order valence-corrected chi connectivity index (χ0v) is 35.9. The number of aryl methyl sites for hydroxylation is 1. The SMILES string of the molecule is C1CCC1.CN(Cc1cc(N2CCN(C3CCN(Cc4cc(C(F)(F)F)c5cn(-c6cccc(Cc7nncn7C)c6)c(=O)n5c4)CC3)CC2)ccc1C=O)C1CCC(=O)NC1=O. The molecule has 17 heteroatoms. The number of benzene rings is 2. The van der Waals surface area contributed by atoms with Crippen LogP contribution >= 0.6 is 0 Å². The van der Waals surface area contributed by atoms with Crippen LogP contribution in [0.25, 0.3) is 11.2 Å². The van der Waals surface area contributed by atoms with Crippen molar-refractivity contribution in [1.82, 2.24) is 43.7 Å². The number of nitrogens with zero attached hydrogens (tertiary/aromatic N) is 9. The number of nitrogens with one attached hydrogen (secondary N) is 1. The number of piperazine rings is 1. The van der Waals surface area contributed by atoms with Gasteiger partial charge in [0, 0.05) is 88.8 Å². The molecule has 0 radical (unpaired) electrons. The van der Waals surface area contributed by atoms with E-state index in [2.05, 4.69) is 30.2 Å². The summed E-state index contributed by atoms with van der Waals surface area (Å²) < 4.78 is 47.7. The Bertz CT molecular complexity index is 2490. The van der Waals surface area contributed by atoms with Gasteiger partial charge in [-0.1, -0.05) is 37.8 Å². The van der Waals surface area contributed by atoms with E-state index >= 15 is 0 Å². The summed E-state index contributed by atoms with van der Waals surface area (Å²) in [6.07, 6.45) is 9.49. The van der Waals surface area contributed by atoms with Gasteiger partial charge in [-0.05, 0) is 92.5 Å². The number of carbonyl (C=O) groups is 3. The lowest BCUT2D eigenvalue weighted by molar-refractivity contribution is -0.138. The quantitative estimate of drug-likeness (QED) is 0.139. The van der Waals surface area contributed by atoms with Gasteiger partial charge in [0.05, 0.1) is 22.8 Å². The zero-order chi connectivity index (χ0) is 44.3. The number of piperidine rings is 2. The molecule has 1 N–H and O–H groups in total. The van der Waals surface area contributed by atoms with Gasteiger partial charge in [0.1, 0.15) is 18.4 Å². The van der Waals surface area contributed by atoms with Crippen LogP contribution in [0.3, 0.4) is 0 Å². The van der Waals surface area contributed by atoms with E-state index in [1.54, 1.807) is 29.1 Å². The number of hydrogen-bond acceptors (Lipinski definition) is 10. The predicted octanol–water partition coefficient (Wildman–Crippen LogP) is 5.22. The minimum absolute atomic E-state index is 0.196. The maximum absolute atomic E-state index is 14.5. The molecular formula is C46H55F3N10O4. The van der Waals surface area contributed by atoms with E-state index in [4.69, 9.17) is 0 Å². The molecule has 3 saturated heterocycles. The van der Waals surface area contributed by atoms with E-state index < -0.39 is 23.5 Å². The summed E-state index contributed by atoms with van der Waals surface area (Å²) in [6, 6.07) is 14.0. The summed E-state index contributed by atoms with van der Waals surface area (Å²) in [4.78, 5) is 58.5. The molecule has 1 saturated carbocycles. The van der Waals surface area contributed by atoms with E-state index in [0.29, 0.717) is 48.8 Å². The lowest BCUT2D eigenvalue weighted by Crippen LogP contribution is -2.53. The molecule has 4 aliphatic rings. The molecule has 5 aromatic rings. The average molecular weight is 869 g/mol. The van der Waals surface area contributed by atoms with Crippen molar-refractivity contribution in [2.24, 2.45) is 7.05 Å². The number of imidazole rings is 1. The van der Waals surface area contributed by atoms with Gasteiger partial charge >= 0.3 is 11.9 Å². The summed E-state index contributed by atoms with van der Waals surface area (Å²) in [5.41, 5.74) is 2.52. The molecule has 0 spiro atoms. The number of anilines is 1. The first-order chi connectivity index (χ1) is 30.3. The van der Waals surface area contributed by atoms with E-state index in [1.165, 1.54) is 48.7 Å². The summed E-state index contributed by atoms with van der Waals surface area (Å²) >= 11 is 0. The van der Waals surface area contributed by atoms with E-state index in [9.17, 15) is 32.3 Å². The molecule has 2 aromatic carbocycles. The second-order valence-electron chi connectivity index (χ2n) is 17.3. The number of alkyl halides is 3. The summed E-state index contributed by atoms with van der Waals surface area (Å²) in [5, 5.41) is 10.4. The van der Waals surface area contributed by atoms with Gasteiger partial charge in [-0.15, -0.1) is 10.2 Å². The largest absolute Gasteiger partial charge is 0.418 e. The van der Waals surface area contributed by atoms with Crippen LogP contribution in [0.15, 0.2) is 72.0 Å². The maximum atomic E-state index is 14.5. The number of aromatic nitrogens is 5. The summed E-state index contributed by atoms with van der Waals surface area (Å²) in [5.74, 6) is 0.136. The summed E-state index contributed by atoms with van der Waals surface area (Å²) in [6.45, 7) is 5.41. The number of pyridine rings is 1. The number of fused-ring (bicyclic) bond motifs is 1. The van der Waals surface area contributed by atoms with Crippen LogP contribution in [0.4, 0.5) is 18.9 Å². The van der Waals surface area contributed by atoms with Crippen LogP contribution in [0, 0.1) is 0 Å². The Morgan fingerprint density at radius 1 is 0.873 bits per heavy atom. The normalized spacial score (nSPS) is 19.2. The number of rotatable bonds is 11. The molecule has 3 aliphatic heterocycles. The number of imide groups is 1. The van der Waals surface area contributed by atoms with Crippen molar-refractivity contribution in [3.8, 4) is 5.69 Å². The van der Waals surface area contributed by atoms with Crippen LogP contribution in [0.1, 0.15) is 89.8 Å². The topological polar surface area (TPSA) is 133 Å². The fourth-order valence-corrected chi connectivity index (χ4v) is 9.03. The van der Waals surface area contributed by atoms with Crippen molar-refractivity contribution < 1.29 is 27.6 Å². The third-order valence-electron chi connectivity index (χ3n) is 13.1. The van der Waals surface area contributed by atoms with Gasteiger partial charge in [0.2, 0.25) is 11.8 Å². The lowest BCUT2D eigenvalue weighted by atomic mass is 10.0. The average Bonchev–Trinajstić information content (AvgIpc) is 3.80. The fourth-order valence-electron chi connectivity index (χ4n) is 9.03. The molecular weight excluding hydrogens is 814 g/mol. The van der Waals surface area contributed by atoms with Crippen molar-refractivity contribution in [1.29, 1.82) is 0 Å². The van der Waals surface area contributed by atoms with E-state index in [0.717, 1.165) is 85.4 Å². The van der Waals surface area contributed by atoms with Gasteiger partial charge < -0.3 is 9.47 Å². The van der Waals surface area contributed by atoms with E-state index in [-0.39, 0.29) is 23.8 Å². The molecule has 1 unspecified atom stereocenters. The number of hydrogen-bond donors (Lipinski definition) is 1. The fraction of sp³-hybridized carbons (Fsp3) is 0.478. The molecule has 6 heterocycles. The highest BCUT2D eigenvalue weighted by molar-refractivity contribution is 6.00. The van der Waals surface area contributed by atoms with Crippen LogP contribution in [-0.4, -0.2) is 115 Å². The first kappa shape index (κ1) is 44.0. The Balaban J connectivity index is 0.00000129. The Morgan fingerprint density at radius 3 is 2.27 bits per heavy atom. The zero-order valence-electron chi connectivity index (χ0n) is 35.9. The highest BCUT2D eigenvalue weighted by Gasteiger charge is 2.35. The van der Waals surface area contributed by atoms with Gasteiger partial charge in [0.15, 0.2) is 0 Å². The molecule has 1 atom stereocenters. The minimum atomic E-state index is -4.66. The van der Waals surface area contributed by atoms with Gasteiger partial charge in [-0.25, -0.2) is 4.79 Å². The highest BCUT2D eigenvalue weighted by atomic mass is 19.4. The number of amides is 2. The number of carbonyl (C=O) groups excluding carboxylic acids is 3. The molecule has 63 heavy (non-hydrogen) atoms. The van der Waals surface area contributed by atoms with Crippen LogP contribution in [-0.2, 0) is 42.3 Å². The molecule has 14 nitrogen and oxygen atoms in total. The van der Waals surface area contributed by atoms with Crippen molar-refractivity contribution in [2.75, 3.05) is 51.2 Å². The third kappa shape index (κ3) is 10.1. The second kappa shape index (κ2) is 19.0. The molecule has 1 aliphatic carbocycles. The summed E-state index contributed by atoms with van der Waals surface area (Å²) in [7, 11) is 3.66. The number of likely N-dealkylation sites (tertiary alicyclic amines) is 1. The molecule has 0 bridgehead atoms. The van der Waals surface area contributed by atoms with Gasteiger partial charge in [0.25, 0.3) is 0 Å². The van der Waals surface area contributed by atoms with Crippen LogP contribution < -0.4 is 15.9 Å². The Hall–Kier alpha value is -5.65. The molecule has 9 rings (SSSR count). The smallest absolute Gasteiger partial charge is 0.369 e. The molecule has 2 amide bonds. The highest BCUT2D eigenvalue weighted by Crippen LogP contribution is 2.34. The number of aldehydes is 1. The van der Waals surface area contributed by atoms with Crippen molar-refractivity contribution in [3.05, 3.63) is 111 Å². The Morgan fingerprint density at radius 2 is 1.62 bits per heavy atom. The Kier molecular flexibility index (Phi) is 13.3. The number of halogens is 3. The lowest BCUT2D eigenvalue weighted by Gasteiger charge is -2.43. The third-order valence-corrected chi connectivity index (χ3v) is 13.1. The molecule has 334 valence electrons. The van der Waals surface area contributed by atoms with Crippen molar-refractivity contribution in [3.63, 3.8) is 0 Å². The number of likely N-dealkylation sites (N-methyl/N-ethyl adjacent to an activating group) is 1. The molecule has 4 fully saturated rings. The first-order valence-corrected chi connectivity index (χ1v) is 21.9. The second-order valence-corrected chi connectivity index (χ2v) is 17.3. The van der Waals surface area contributed by atoms with Gasteiger partial charge in [-0.3, -0.25) is 43.4 Å². The van der Waals surface area contributed by atoms with Crippen LogP contribution in [0.2, 0.25) is 0 Å². The standard InChI is InChI=1S/C42H47F3N10O4.C4H8/c1-49(36-8-9-39(57)47-40(36)58)24-31-21-33(7-6-30(31)26-56)53-16-14-52(15-17-53)32-10-12-51(13-11-32)22-29-19-35(42(43,44)45)37-25-54(41(59)55(37)23-29)34-5-3-4-28(18-34)20-38-48-46-27-50(38)2;1-2-4-3-1/h3-7,18-19,21,23,25-27,32,36H,8-17,20,22,24H2,1-2H3,(H,47,57,58);1-4H2. The molecule has 3 aromatic heterocycles. The van der Waals surface area contributed by atoms with Crippen molar-refractivity contribution >= 4 is 29.3 Å². The monoisotopic (exact) mass is 868 g/mol. The maximum Gasteiger partial charge on any atom is 0.418 e.